The zero-order valence-corrected chi connectivity index (χ0v) is 15.6. The van der Waals surface area contributed by atoms with Crippen molar-refractivity contribution in [2.24, 2.45) is 5.41 Å². The van der Waals surface area contributed by atoms with E-state index in [0.29, 0.717) is 18.8 Å². The molecule has 1 aromatic rings. The molecule has 0 radical (unpaired) electrons. The van der Waals surface area contributed by atoms with Crippen LogP contribution in [0.4, 0.5) is 16.2 Å². The van der Waals surface area contributed by atoms with Gasteiger partial charge in [0.1, 0.15) is 11.4 Å². The van der Waals surface area contributed by atoms with Crippen LogP contribution < -0.4 is 10.6 Å². The Bertz CT molecular complexity index is 670. The predicted molar refractivity (Wildman–Crippen MR) is 98.8 cm³/mol. The zero-order valence-electron chi connectivity index (χ0n) is 15.6. The molecule has 138 valence electrons. The van der Waals surface area contributed by atoms with Gasteiger partial charge in [-0.05, 0) is 45.7 Å². The van der Waals surface area contributed by atoms with Gasteiger partial charge in [0.15, 0.2) is 0 Å². The number of carbonyl (C=O) groups excluding carboxylic acids is 1. The van der Waals surface area contributed by atoms with Gasteiger partial charge in [0, 0.05) is 36.8 Å². The normalized spacial score (nSPS) is 26.5. The number of piperidine rings is 1. The van der Waals surface area contributed by atoms with E-state index in [9.17, 15) is 9.90 Å². The summed E-state index contributed by atoms with van der Waals surface area (Å²) in [6.07, 6.45) is 1.89. The van der Waals surface area contributed by atoms with Crippen LogP contribution in [-0.4, -0.2) is 47.4 Å². The zero-order chi connectivity index (χ0) is 18.4. The Hall–Kier alpha value is -2.11. The Morgan fingerprint density at radius 3 is 2.76 bits per heavy atom. The fraction of sp³-hybridized carbons (Fsp3) is 0.632. The van der Waals surface area contributed by atoms with Crippen LogP contribution in [0.2, 0.25) is 0 Å². The van der Waals surface area contributed by atoms with Gasteiger partial charge in [0.25, 0.3) is 0 Å². The van der Waals surface area contributed by atoms with E-state index < -0.39 is 5.60 Å². The molecular formula is C19H29N3O3. The van der Waals surface area contributed by atoms with E-state index in [0.717, 1.165) is 25.1 Å². The molecule has 2 fully saturated rings. The molecular weight excluding hydrogens is 318 g/mol. The number of phenols is 1. The van der Waals surface area contributed by atoms with Gasteiger partial charge in [-0.2, -0.15) is 0 Å². The monoisotopic (exact) mass is 347 g/mol. The first-order valence-corrected chi connectivity index (χ1v) is 8.92. The van der Waals surface area contributed by atoms with Crippen molar-refractivity contribution in [2.75, 3.05) is 30.3 Å². The fourth-order valence-electron chi connectivity index (χ4n) is 4.05. The first-order chi connectivity index (χ1) is 11.6. The highest BCUT2D eigenvalue weighted by atomic mass is 16.6. The number of likely N-dealkylation sites (tertiary alicyclic amines) is 1. The van der Waals surface area contributed by atoms with Crippen molar-refractivity contribution in [3.8, 4) is 5.75 Å². The average molecular weight is 347 g/mol. The summed E-state index contributed by atoms with van der Waals surface area (Å²) in [7, 11) is 0. The van der Waals surface area contributed by atoms with Gasteiger partial charge in [0.05, 0.1) is 11.7 Å². The molecule has 6 heteroatoms. The lowest BCUT2D eigenvalue weighted by Crippen LogP contribution is -2.50. The Labute approximate surface area is 149 Å². The van der Waals surface area contributed by atoms with Gasteiger partial charge >= 0.3 is 6.09 Å². The van der Waals surface area contributed by atoms with Crippen molar-refractivity contribution >= 4 is 17.5 Å². The van der Waals surface area contributed by atoms with E-state index in [4.69, 9.17) is 10.5 Å². The Morgan fingerprint density at radius 2 is 2.12 bits per heavy atom. The van der Waals surface area contributed by atoms with Gasteiger partial charge in [-0.25, -0.2) is 4.79 Å². The van der Waals surface area contributed by atoms with Gasteiger partial charge in [-0.1, -0.05) is 6.92 Å². The summed E-state index contributed by atoms with van der Waals surface area (Å²) >= 11 is 0. The molecule has 2 aliphatic heterocycles. The summed E-state index contributed by atoms with van der Waals surface area (Å²) in [5.74, 6) is 0.103. The van der Waals surface area contributed by atoms with Gasteiger partial charge < -0.3 is 25.4 Å². The number of nitrogen functional groups attached to an aromatic ring is 1. The Morgan fingerprint density at radius 1 is 1.40 bits per heavy atom. The molecule has 3 rings (SSSR count). The second-order valence-corrected chi connectivity index (χ2v) is 8.57. The quantitative estimate of drug-likeness (QED) is 0.602. The fourth-order valence-corrected chi connectivity index (χ4v) is 4.05. The number of anilines is 2. The van der Waals surface area contributed by atoms with E-state index in [-0.39, 0.29) is 23.3 Å². The van der Waals surface area contributed by atoms with E-state index in [1.165, 1.54) is 0 Å². The minimum Gasteiger partial charge on any atom is -0.506 e. The molecule has 2 aliphatic rings. The van der Waals surface area contributed by atoms with Crippen molar-refractivity contribution in [3.05, 3.63) is 18.2 Å². The number of nitrogens with two attached hydrogens (primary N) is 1. The maximum Gasteiger partial charge on any atom is 0.410 e. The number of aromatic hydroxyl groups is 1. The van der Waals surface area contributed by atoms with Gasteiger partial charge in [-0.3, -0.25) is 0 Å². The van der Waals surface area contributed by atoms with Gasteiger partial charge in [0.2, 0.25) is 0 Å². The van der Waals surface area contributed by atoms with Crippen LogP contribution in [0, 0.1) is 5.41 Å². The molecule has 6 nitrogen and oxygen atoms in total. The summed E-state index contributed by atoms with van der Waals surface area (Å²) in [5, 5.41) is 9.97. The first-order valence-electron chi connectivity index (χ1n) is 8.92. The highest BCUT2D eigenvalue weighted by Crippen LogP contribution is 2.44. The molecule has 2 heterocycles. The second-order valence-electron chi connectivity index (χ2n) is 8.57. The SMILES string of the molecule is CC(C)(C)OC(=O)N1C[C@H]2N(c3ccc(N)c(O)c3)CCC[C@@]2(C)C1. The Balaban J connectivity index is 1.82. The molecule has 1 aromatic carbocycles. The predicted octanol–water partition coefficient (Wildman–Crippen LogP) is 3.20. The molecule has 0 spiro atoms. The number of fused-ring (bicyclic) bond motifs is 1. The van der Waals surface area contributed by atoms with E-state index in [1.807, 2.05) is 31.7 Å². The average Bonchev–Trinajstić information content (AvgIpc) is 2.86. The Kier molecular flexibility index (Phi) is 4.25. The first kappa shape index (κ1) is 17.7. The summed E-state index contributed by atoms with van der Waals surface area (Å²) in [6, 6.07) is 5.60. The van der Waals surface area contributed by atoms with Crippen LogP contribution in [0.1, 0.15) is 40.5 Å². The number of benzene rings is 1. The molecule has 2 atom stereocenters. The standard InChI is InChI=1S/C19H29N3O3/c1-18(2,3)25-17(24)21-11-16-19(4,12-21)8-5-9-22(16)13-6-7-14(20)15(23)10-13/h6-7,10,16,23H,5,8-9,11-12,20H2,1-4H3/t16-,19+/m1/s1. The van der Waals surface area contributed by atoms with Crippen LogP contribution in [0.3, 0.4) is 0 Å². The molecule has 0 unspecified atom stereocenters. The number of carbonyl (C=O) groups is 1. The summed E-state index contributed by atoms with van der Waals surface area (Å²) in [4.78, 5) is 16.6. The number of ether oxygens (including phenoxy) is 1. The maximum absolute atomic E-state index is 12.5. The largest absolute Gasteiger partial charge is 0.506 e. The van der Waals surface area contributed by atoms with E-state index in [1.54, 1.807) is 12.1 Å². The number of rotatable bonds is 1. The van der Waals surface area contributed by atoms with Crippen molar-refractivity contribution in [1.29, 1.82) is 0 Å². The van der Waals surface area contributed by atoms with Crippen molar-refractivity contribution < 1.29 is 14.6 Å². The third-order valence-corrected chi connectivity index (χ3v) is 5.27. The van der Waals surface area contributed by atoms with E-state index in [2.05, 4.69) is 11.8 Å². The van der Waals surface area contributed by atoms with Crippen molar-refractivity contribution in [2.45, 2.75) is 52.2 Å². The van der Waals surface area contributed by atoms with Crippen LogP contribution >= 0.6 is 0 Å². The number of hydrogen-bond acceptors (Lipinski definition) is 5. The van der Waals surface area contributed by atoms with Crippen molar-refractivity contribution in [1.82, 2.24) is 4.90 Å². The van der Waals surface area contributed by atoms with Crippen LogP contribution in [0.25, 0.3) is 0 Å². The lowest BCUT2D eigenvalue weighted by molar-refractivity contribution is 0.0274. The minimum atomic E-state index is -0.492. The summed E-state index contributed by atoms with van der Waals surface area (Å²) < 4.78 is 5.56. The second kappa shape index (κ2) is 6.00. The van der Waals surface area contributed by atoms with Crippen molar-refractivity contribution in [3.63, 3.8) is 0 Å². The lowest BCUT2D eigenvalue weighted by atomic mass is 9.77. The minimum absolute atomic E-state index is 0.0200. The third-order valence-electron chi connectivity index (χ3n) is 5.27. The molecule has 0 aliphatic carbocycles. The van der Waals surface area contributed by atoms with Crippen LogP contribution in [0.5, 0.6) is 5.75 Å². The lowest BCUT2D eigenvalue weighted by Gasteiger charge is -2.44. The molecule has 1 amide bonds. The van der Waals surface area contributed by atoms with E-state index >= 15 is 0 Å². The molecule has 0 saturated carbocycles. The highest BCUT2D eigenvalue weighted by molar-refractivity contribution is 5.69. The number of amides is 1. The molecule has 25 heavy (non-hydrogen) atoms. The van der Waals surface area contributed by atoms with Gasteiger partial charge in [-0.15, -0.1) is 0 Å². The number of hydrogen-bond donors (Lipinski definition) is 2. The number of phenolic OH excluding ortho intramolecular Hbond substituents is 1. The molecule has 0 aromatic heterocycles. The highest BCUT2D eigenvalue weighted by Gasteiger charge is 2.50. The molecule has 2 saturated heterocycles. The summed E-state index contributed by atoms with van der Waals surface area (Å²) in [6.45, 7) is 10.1. The van der Waals surface area contributed by atoms with Crippen LogP contribution in [-0.2, 0) is 4.74 Å². The number of nitrogens with zero attached hydrogens (tertiary/aromatic N) is 2. The molecule has 3 N–H and O–H groups in total. The smallest absolute Gasteiger partial charge is 0.410 e. The summed E-state index contributed by atoms with van der Waals surface area (Å²) in [5.41, 5.74) is 6.59. The molecule has 0 bridgehead atoms. The maximum atomic E-state index is 12.5. The van der Waals surface area contributed by atoms with Crippen LogP contribution in [0.15, 0.2) is 18.2 Å². The topological polar surface area (TPSA) is 79.0 Å². The third kappa shape index (κ3) is 3.48.